The second kappa shape index (κ2) is 5.01. The van der Waals surface area contributed by atoms with Crippen molar-refractivity contribution < 1.29 is 17.9 Å². The SMILES string of the molecule is CC(C)C(=O)N1C(C2CCOCC2)C=CS1(=O)=O. The normalized spacial score (nSPS) is 27.9. The maximum absolute atomic E-state index is 12.1. The lowest BCUT2D eigenvalue weighted by molar-refractivity contribution is -0.131. The van der Waals surface area contributed by atoms with Gasteiger partial charge in [-0.25, -0.2) is 12.7 Å². The molecule has 0 aromatic heterocycles. The maximum Gasteiger partial charge on any atom is 0.259 e. The summed E-state index contributed by atoms with van der Waals surface area (Å²) in [5.41, 5.74) is 0. The fourth-order valence-electron chi connectivity index (χ4n) is 2.43. The highest BCUT2D eigenvalue weighted by Gasteiger charge is 2.41. The van der Waals surface area contributed by atoms with Crippen LogP contribution in [0, 0.1) is 11.8 Å². The molecular weight excluding hydrogens is 254 g/mol. The molecule has 18 heavy (non-hydrogen) atoms. The molecule has 6 heteroatoms. The minimum absolute atomic E-state index is 0.176. The van der Waals surface area contributed by atoms with Crippen molar-refractivity contribution in [2.45, 2.75) is 32.7 Å². The highest BCUT2D eigenvalue weighted by Crippen LogP contribution is 2.31. The van der Waals surface area contributed by atoms with E-state index < -0.39 is 10.0 Å². The third-order valence-corrected chi connectivity index (χ3v) is 4.93. The monoisotopic (exact) mass is 273 g/mol. The Hall–Kier alpha value is -0.880. The van der Waals surface area contributed by atoms with Gasteiger partial charge in [0, 0.05) is 24.5 Å². The first-order valence-electron chi connectivity index (χ1n) is 6.27. The number of hydrogen-bond donors (Lipinski definition) is 0. The molecule has 2 rings (SSSR count). The summed E-state index contributed by atoms with van der Waals surface area (Å²) in [5, 5.41) is 1.16. The van der Waals surface area contributed by atoms with Gasteiger partial charge in [0.15, 0.2) is 0 Å². The van der Waals surface area contributed by atoms with E-state index in [-0.39, 0.29) is 23.8 Å². The topological polar surface area (TPSA) is 63.7 Å². The van der Waals surface area contributed by atoms with Gasteiger partial charge in [0.1, 0.15) is 0 Å². The molecule has 0 radical (unpaired) electrons. The molecule has 2 heterocycles. The van der Waals surface area contributed by atoms with Crippen LogP contribution in [0.3, 0.4) is 0 Å². The summed E-state index contributed by atoms with van der Waals surface area (Å²) in [6, 6.07) is -0.325. The van der Waals surface area contributed by atoms with Crippen LogP contribution in [0.15, 0.2) is 11.5 Å². The van der Waals surface area contributed by atoms with Crippen molar-refractivity contribution in [2.24, 2.45) is 11.8 Å². The van der Waals surface area contributed by atoms with E-state index in [1.54, 1.807) is 19.9 Å². The minimum atomic E-state index is -3.57. The third-order valence-electron chi connectivity index (χ3n) is 3.45. The minimum Gasteiger partial charge on any atom is -0.381 e. The molecule has 0 N–H and O–H groups in total. The average Bonchev–Trinajstić information content (AvgIpc) is 2.65. The van der Waals surface area contributed by atoms with E-state index in [1.165, 1.54) is 0 Å². The Morgan fingerprint density at radius 2 is 1.94 bits per heavy atom. The Bertz CT molecular complexity index is 449. The number of amides is 1. The summed E-state index contributed by atoms with van der Waals surface area (Å²) in [6.45, 7) is 4.71. The molecule has 0 spiro atoms. The van der Waals surface area contributed by atoms with Crippen molar-refractivity contribution in [3.05, 3.63) is 11.5 Å². The molecule has 2 aliphatic heterocycles. The van der Waals surface area contributed by atoms with Crippen molar-refractivity contribution in [3.8, 4) is 0 Å². The number of nitrogens with zero attached hydrogens (tertiary/aromatic N) is 1. The molecule has 0 aromatic rings. The van der Waals surface area contributed by atoms with Crippen molar-refractivity contribution >= 4 is 15.9 Å². The van der Waals surface area contributed by atoms with Gasteiger partial charge < -0.3 is 4.74 Å². The van der Waals surface area contributed by atoms with Gasteiger partial charge >= 0.3 is 0 Å². The van der Waals surface area contributed by atoms with Crippen LogP contribution in [-0.4, -0.2) is 37.9 Å². The zero-order valence-corrected chi connectivity index (χ0v) is 11.5. The summed E-state index contributed by atoms with van der Waals surface area (Å²) in [6.07, 6.45) is 3.24. The summed E-state index contributed by atoms with van der Waals surface area (Å²) in [7, 11) is -3.57. The van der Waals surface area contributed by atoms with Gasteiger partial charge in [-0.2, -0.15) is 0 Å². The fourth-order valence-corrected chi connectivity index (χ4v) is 3.96. The Kier molecular flexibility index (Phi) is 3.77. The first kappa shape index (κ1) is 13.5. The number of rotatable bonds is 2. The van der Waals surface area contributed by atoms with Crippen LogP contribution in [0.25, 0.3) is 0 Å². The van der Waals surface area contributed by atoms with Crippen LogP contribution >= 0.6 is 0 Å². The Balaban J connectivity index is 2.24. The molecule has 0 saturated carbocycles. The first-order chi connectivity index (χ1) is 8.43. The lowest BCUT2D eigenvalue weighted by Crippen LogP contribution is -2.46. The van der Waals surface area contributed by atoms with Gasteiger partial charge in [0.2, 0.25) is 5.91 Å². The molecule has 0 aliphatic carbocycles. The predicted molar refractivity (Wildman–Crippen MR) is 67.1 cm³/mol. The van der Waals surface area contributed by atoms with E-state index in [2.05, 4.69) is 0 Å². The average molecular weight is 273 g/mol. The predicted octanol–water partition coefficient (Wildman–Crippen LogP) is 1.12. The van der Waals surface area contributed by atoms with E-state index in [9.17, 15) is 13.2 Å². The van der Waals surface area contributed by atoms with Gasteiger partial charge in [-0.1, -0.05) is 13.8 Å². The number of hydrogen-bond acceptors (Lipinski definition) is 4. The van der Waals surface area contributed by atoms with Crippen molar-refractivity contribution in [1.82, 2.24) is 4.31 Å². The number of sulfonamides is 1. The van der Waals surface area contributed by atoms with E-state index in [1.807, 2.05) is 0 Å². The molecule has 1 fully saturated rings. The van der Waals surface area contributed by atoms with Gasteiger partial charge in [-0.15, -0.1) is 0 Å². The molecular formula is C12H19NO4S. The summed E-state index contributed by atoms with van der Waals surface area (Å²) < 4.78 is 30.2. The van der Waals surface area contributed by atoms with Crippen LogP contribution in [0.2, 0.25) is 0 Å². The lowest BCUT2D eigenvalue weighted by atomic mass is 9.91. The van der Waals surface area contributed by atoms with Crippen LogP contribution < -0.4 is 0 Å². The molecule has 2 aliphatic rings. The zero-order valence-electron chi connectivity index (χ0n) is 10.7. The van der Waals surface area contributed by atoms with Crippen LogP contribution in [0.4, 0.5) is 0 Å². The Morgan fingerprint density at radius 3 is 2.50 bits per heavy atom. The second-order valence-corrected chi connectivity index (χ2v) is 6.80. The van der Waals surface area contributed by atoms with Gasteiger partial charge in [0.25, 0.3) is 10.0 Å². The Labute approximate surface area is 108 Å². The highest BCUT2D eigenvalue weighted by molar-refractivity contribution is 7.92. The second-order valence-electron chi connectivity index (χ2n) is 5.10. The van der Waals surface area contributed by atoms with Crippen molar-refractivity contribution in [1.29, 1.82) is 0 Å². The van der Waals surface area contributed by atoms with E-state index in [4.69, 9.17) is 4.74 Å². The fraction of sp³-hybridized carbons (Fsp3) is 0.750. The largest absolute Gasteiger partial charge is 0.381 e. The van der Waals surface area contributed by atoms with Crippen molar-refractivity contribution in [3.63, 3.8) is 0 Å². The molecule has 0 aromatic carbocycles. The molecule has 102 valence electrons. The molecule has 1 atom stereocenters. The highest BCUT2D eigenvalue weighted by atomic mass is 32.2. The molecule has 0 bridgehead atoms. The zero-order chi connectivity index (χ0) is 13.3. The van der Waals surface area contributed by atoms with Gasteiger partial charge in [0.05, 0.1) is 6.04 Å². The third kappa shape index (κ3) is 2.44. The Morgan fingerprint density at radius 1 is 1.33 bits per heavy atom. The van der Waals surface area contributed by atoms with Crippen LogP contribution in [-0.2, 0) is 19.6 Å². The summed E-state index contributed by atoms with van der Waals surface area (Å²) >= 11 is 0. The van der Waals surface area contributed by atoms with E-state index in [0.717, 1.165) is 22.6 Å². The van der Waals surface area contributed by atoms with E-state index >= 15 is 0 Å². The standard InChI is InChI=1S/C12H19NO4S/c1-9(2)12(14)13-11(5-8-18(13,15)16)10-3-6-17-7-4-10/h5,8-11H,3-4,6-7H2,1-2H3. The molecule has 5 nitrogen and oxygen atoms in total. The lowest BCUT2D eigenvalue weighted by Gasteiger charge is -2.33. The summed E-state index contributed by atoms with van der Waals surface area (Å²) in [4.78, 5) is 12.1. The quantitative estimate of drug-likeness (QED) is 0.756. The summed E-state index contributed by atoms with van der Waals surface area (Å²) in [5.74, 6) is -0.464. The molecule has 1 saturated heterocycles. The number of ether oxygens (including phenoxy) is 1. The van der Waals surface area contributed by atoms with Crippen molar-refractivity contribution in [2.75, 3.05) is 13.2 Å². The van der Waals surface area contributed by atoms with E-state index in [0.29, 0.717) is 13.2 Å². The smallest absolute Gasteiger partial charge is 0.259 e. The van der Waals surface area contributed by atoms with Gasteiger partial charge in [-0.05, 0) is 24.8 Å². The number of carbonyl (C=O) groups excluding carboxylic acids is 1. The maximum atomic E-state index is 12.1. The number of carbonyl (C=O) groups is 1. The van der Waals surface area contributed by atoms with Gasteiger partial charge in [-0.3, -0.25) is 4.79 Å². The van der Waals surface area contributed by atoms with Crippen LogP contribution in [0.1, 0.15) is 26.7 Å². The van der Waals surface area contributed by atoms with Crippen LogP contribution in [0.5, 0.6) is 0 Å². The molecule has 1 unspecified atom stereocenters. The molecule has 1 amide bonds. The first-order valence-corrected chi connectivity index (χ1v) is 7.78.